The summed E-state index contributed by atoms with van der Waals surface area (Å²) in [6.45, 7) is -1.97. The summed E-state index contributed by atoms with van der Waals surface area (Å²) >= 11 is 0. The van der Waals surface area contributed by atoms with E-state index in [1.165, 1.54) is 6.07 Å². The number of rotatable bonds is 5. The lowest BCUT2D eigenvalue weighted by Gasteiger charge is -2.13. The van der Waals surface area contributed by atoms with Crippen molar-refractivity contribution < 1.29 is 21.6 Å². The second kappa shape index (κ2) is 4.25. The van der Waals surface area contributed by atoms with Crippen molar-refractivity contribution in [3.8, 4) is 0 Å². The van der Waals surface area contributed by atoms with Crippen molar-refractivity contribution in [1.29, 1.82) is 0 Å². The fourth-order valence-corrected chi connectivity index (χ4v) is 1.74. The van der Waals surface area contributed by atoms with Crippen LogP contribution >= 0.6 is 0 Å². The van der Waals surface area contributed by atoms with E-state index < -0.39 is 34.1 Å². The average Bonchev–Trinajstić information content (AvgIpc) is 2.69. The summed E-state index contributed by atoms with van der Waals surface area (Å²) in [7, 11) is -4.01. The maximum Gasteiger partial charge on any atom is 0.274 e. The first kappa shape index (κ1) is 12.1. The van der Waals surface area contributed by atoms with Gasteiger partial charge in [0.15, 0.2) is 0 Å². The normalized spacial score (nSPS) is 13.0. The summed E-state index contributed by atoms with van der Waals surface area (Å²) in [5.74, 6) is -3.26. The molecule has 0 aromatic carbocycles. The second-order valence-electron chi connectivity index (χ2n) is 2.82. The van der Waals surface area contributed by atoms with E-state index in [1.807, 2.05) is 0 Å². The molecular weight excluding hydrogens is 230 g/mol. The van der Waals surface area contributed by atoms with Gasteiger partial charge in [0, 0.05) is 0 Å². The van der Waals surface area contributed by atoms with Gasteiger partial charge in [-0.25, -0.2) is 21.9 Å². The minimum atomic E-state index is -4.01. The van der Waals surface area contributed by atoms with E-state index in [4.69, 9.17) is 5.73 Å². The number of hydrogen-bond acceptors (Lipinski definition) is 4. The van der Waals surface area contributed by atoms with Gasteiger partial charge < -0.3 is 10.2 Å². The highest BCUT2D eigenvalue weighted by atomic mass is 32.2. The molecule has 8 heteroatoms. The summed E-state index contributed by atoms with van der Waals surface area (Å²) in [6, 6.07) is 2.50. The first-order valence-electron chi connectivity index (χ1n) is 3.98. The Balaban J connectivity index is 2.67. The lowest BCUT2D eigenvalue weighted by molar-refractivity contribution is 0.0170. The average molecular weight is 240 g/mol. The van der Waals surface area contributed by atoms with Crippen molar-refractivity contribution in [1.82, 2.24) is 4.72 Å². The monoisotopic (exact) mass is 240 g/mol. The van der Waals surface area contributed by atoms with E-state index in [0.29, 0.717) is 0 Å². The topological polar surface area (TPSA) is 85.3 Å². The number of alkyl halides is 2. The van der Waals surface area contributed by atoms with Gasteiger partial charge in [-0.15, -0.1) is 0 Å². The molecule has 0 saturated heterocycles. The van der Waals surface area contributed by atoms with Gasteiger partial charge in [-0.05, 0) is 12.1 Å². The largest absolute Gasteiger partial charge is 0.452 e. The number of halogens is 2. The Morgan fingerprint density at radius 2 is 2.20 bits per heavy atom. The number of sulfonamides is 1. The van der Waals surface area contributed by atoms with Crippen LogP contribution in [0.25, 0.3) is 0 Å². The molecule has 1 heterocycles. The van der Waals surface area contributed by atoms with E-state index in [-0.39, 0.29) is 0 Å². The maximum absolute atomic E-state index is 12.6. The van der Waals surface area contributed by atoms with Gasteiger partial charge in [0.1, 0.15) is 0 Å². The van der Waals surface area contributed by atoms with Gasteiger partial charge in [-0.1, -0.05) is 0 Å². The third-order valence-corrected chi connectivity index (χ3v) is 2.87. The minimum absolute atomic E-state index is 0.407. The molecular formula is C7H10F2N2O3S. The van der Waals surface area contributed by atoms with Crippen LogP contribution < -0.4 is 10.5 Å². The number of nitrogens with two attached hydrogens (primary N) is 1. The molecule has 3 N–H and O–H groups in total. The molecule has 5 nitrogen and oxygen atoms in total. The van der Waals surface area contributed by atoms with Gasteiger partial charge in [0.05, 0.1) is 19.4 Å². The molecule has 0 unspecified atom stereocenters. The lowest BCUT2D eigenvalue weighted by atomic mass is 10.3. The number of furan rings is 1. The van der Waals surface area contributed by atoms with Crippen LogP contribution in [0.2, 0.25) is 0 Å². The van der Waals surface area contributed by atoms with Crippen molar-refractivity contribution in [2.45, 2.75) is 11.0 Å². The van der Waals surface area contributed by atoms with Crippen LogP contribution in [0.1, 0.15) is 0 Å². The standard InChI is InChI=1S/C7H10F2N2O3S/c8-7(9,4-10)5-11-15(12,13)6-2-1-3-14-6/h1-3,11H,4-5,10H2. The molecule has 0 saturated carbocycles. The maximum atomic E-state index is 12.6. The van der Waals surface area contributed by atoms with Crippen molar-refractivity contribution in [3.63, 3.8) is 0 Å². The Morgan fingerprint density at radius 3 is 2.67 bits per heavy atom. The van der Waals surface area contributed by atoms with Crippen molar-refractivity contribution in [2.75, 3.05) is 13.1 Å². The minimum Gasteiger partial charge on any atom is -0.452 e. The zero-order valence-corrected chi connectivity index (χ0v) is 8.43. The second-order valence-corrected chi connectivity index (χ2v) is 4.51. The first-order chi connectivity index (χ1) is 6.87. The zero-order valence-electron chi connectivity index (χ0n) is 7.61. The smallest absolute Gasteiger partial charge is 0.274 e. The summed E-state index contributed by atoms with van der Waals surface area (Å²) in [6.07, 6.45) is 1.13. The molecule has 15 heavy (non-hydrogen) atoms. The molecule has 0 aliphatic rings. The molecule has 0 aliphatic carbocycles. The molecule has 0 spiro atoms. The van der Waals surface area contributed by atoms with E-state index in [9.17, 15) is 17.2 Å². The third-order valence-electron chi connectivity index (χ3n) is 1.58. The van der Waals surface area contributed by atoms with Gasteiger partial charge in [0.25, 0.3) is 15.9 Å². The van der Waals surface area contributed by atoms with E-state index in [2.05, 4.69) is 4.42 Å². The van der Waals surface area contributed by atoms with E-state index in [1.54, 1.807) is 4.72 Å². The Morgan fingerprint density at radius 1 is 1.53 bits per heavy atom. The highest BCUT2D eigenvalue weighted by molar-refractivity contribution is 7.89. The van der Waals surface area contributed by atoms with Crippen LogP contribution in [-0.4, -0.2) is 27.4 Å². The zero-order chi connectivity index (χ0) is 11.5. The molecule has 1 aromatic rings. The summed E-state index contributed by atoms with van der Waals surface area (Å²) in [5, 5.41) is -0.407. The Hall–Kier alpha value is -0.990. The van der Waals surface area contributed by atoms with E-state index in [0.717, 1.165) is 12.3 Å². The van der Waals surface area contributed by atoms with Gasteiger partial charge in [-0.3, -0.25) is 0 Å². The Kier molecular flexibility index (Phi) is 3.42. The molecule has 0 bridgehead atoms. The van der Waals surface area contributed by atoms with Crippen molar-refractivity contribution in [2.24, 2.45) is 5.73 Å². The Labute approximate surface area is 85.3 Å². The third kappa shape index (κ3) is 3.26. The lowest BCUT2D eigenvalue weighted by Crippen LogP contribution is -2.41. The first-order valence-corrected chi connectivity index (χ1v) is 5.47. The summed E-state index contributed by atoms with van der Waals surface area (Å²) in [4.78, 5) is 0. The molecule has 0 fully saturated rings. The van der Waals surface area contributed by atoms with Crippen LogP contribution in [-0.2, 0) is 10.0 Å². The predicted octanol–water partition coefficient (Wildman–Crippen LogP) is 0.152. The SMILES string of the molecule is NCC(F)(F)CNS(=O)(=O)c1ccco1. The van der Waals surface area contributed by atoms with Crippen molar-refractivity contribution >= 4 is 10.0 Å². The van der Waals surface area contributed by atoms with Gasteiger partial charge in [0.2, 0.25) is 5.09 Å². The van der Waals surface area contributed by atoms with Crippen LogP contribution in [0.4, 0.5) is 8.78 Å². The molecule has 1 aromatic heterocycles. The summed E-state index contributed by atoms with van der Waals surface area (Å²) < 4.78 is 54.1. The molecule has 86 valence electrons. The van der Waals surface area contributed by atoms with Gasteiger partial charge in [-0.2, -0.15) is 0 Å². The highest BCUT2D eigenvalue weighted by Crippen LogP contribution is 2.12. The quantitative estimate of drug-likeness (QED) is 0.767. The van der Waals surface area contributed by atoms with Crippen LogP contribution in [0, 0.1) is 0 Å². The van der Waals surface area contributed by atoms with E-state index >= 15 is 0 Å². The van der Waals surface area contributed by atoms with Crippen LogP contribution in [0.15, 0.2) is 27.9 Å². The molecule has 1 rings (SSSR count). The van der Waals surface area contributed by atoms with Crippen molar-refractivity contribution in [3.05, 3.63) is 18.4 Å². The highest BCUT2D eigenvalue weighted by Gasteiger charge is 2.30. The molecule has 0 radical (unpaired) electrons. The molecule has 0 aliphatic heterocycles. The fourth-order valence-electron chi connectivity index (χ4n) is 0.760. The summed E-state index contributed by atoms with van der Waals surface area (Å²) in [5.41, 5.74) is 4.75. The number of hydrogen-bond donors (Lipinski definition) is 2. The Bertz CT molecular complexity index is 402. The fraction of sp³-hybridized carbons (Fsp3) is 0.429. The van der Waals surface area contributed by atoms with Crippen LogP contribution in [0.5, 0.6) is 0 Å². The number of nitrogens with one attached hydrogen (secondary N) is 1. The molecule has 0 atom stereocenters. The predicted molar refractivity (Wildman–Crippen MR) is 47.9 cm³/mol. The van der Waals surface area contributed by atoms with Crippen LogP contribution in [0.3, 0.4) is 0 Å². The van der Waals surface area contributed by atoms with Gasteiger partial charge >= 0.3 is 0 Å². The molecule has 0 amide bonds.